The second-order valence-corrected chi connectivity index (χ2v) is 5.40. The number of hydrogen-bond donors (Lipinski definition) is 2. The Labute approximate surface area is 107 Å². The number of carbonyl (C=O) groups excluding carboxylic acids is 1. The van der Waals surface area contributed by atoms with Crippen molar-refractivity contribution in [3.63, 3.8) is 0 Å². The van der Waals surface area contributed by atoms with Crippen LogP contribution in [0.15, 0.2) is 29.2 Å². The van der Waals surface area contributed by atoms with E-state index in [1.165, 1.54) is 11.8 Å². The van der Waals surface area contributed by atoms with Gasteiger partial charge in [0, 0.05) is 4.90 Å². The average Bonchev–Trinajstić information content (AvgIpc) is 2.28. The number of amides is 1. The van der Waals surface area contributed by atoms with E-state index in [-0.39, 0.29) is 5.91 Å². The zero-order chi connectivity index (χ0) is 13.1. The molecule has 1 atom stereocenters. The maximum absolute atomic E-state index is 12.1. The van der Waals surface area contributed by atoms with Gasteiger partial charge in [-0.2, -0.15) is 0 Å². The Bertz CT molecular complexity index is 402. The Kier molecular flexibility index (Phi) is 4.60. The third-order valence-corrected chi connectivity index (χ3v) is 3.63. The Morgan fingerprint density at radius 2 is 2.00 bits per heavy atom. The first-order valence-corrected chi connectivity index (χ1v) is 6.74. The Balaban J connectivity index is 2.91. The molecule has 0 aliphatic heterocycles. The summed E-state index contributed by atoms with van der Waals surface area (Å²) in [5.41, 5.74) is 0.0107. The molecule has 17 heavy (non-hydrogen) atoms. The summed E-state index contributed by atoms with van der Waals surface area (Å²) < 4.78 is 0. The van der Waals surface area contributed by atoms with Crippen molar-refractivity contribution in [2.75, 3.05) is 6.26 Å². The highest BCUT2D eigenvalue weighted by Gasteiger charge is 2.27. The SMILES string of the molecule is CSc1ccccc1C(=O)NC(C)(C)C(C)O. The molecule has 0 fully saturated rings. The van der Waals surface area contributed by atoms with Crippen molar-refractivity contribution in [1.29, 1.82) is 0 Å². The summed E-state index contributed by atoms with van der Waals surface area (Å²) in [7, 11) is 0. The molecule has 1 unspecified atom stereocenters. The fourth-order valence-corrected chi connectivity index (χ4v) is 1.89. The lowest BCUT2D eigenvalue weighted by Crippen LogP contribution is -2.51. The molecule has 1 rings (SSSR count). The highest BCUT2D eigenvalue weighted by molar-refractivity contribution is 7.98. The summed E-state index contributed by atoms with van der Waals surface area (Å²) in [5.74, 6) is -0.152. The van der Waals surface area contributed by atoms with E-state index in [0.717, 1.165) is 4.90 Å². The minimum atomic E-state index is -0.636. The van der Waals surface area contributed by atoms with Crippen molar-refractivity contribution >= 4 is 17.7 Å². The first-order valence-electron chi connectivity index (χ1n) is 5.52. The average molecular weight is 253 g/mol. The van der Waals surface area contributed by atoms with Gasteiger partial charge in [-0.05, 0) is 39.2 Å². The van der Waals surface area contributed by atoms with Crippen LogP contribution in [0, 0.1) is 0 Å². The molecule has 1 aromatic carbocycles. The quantitative estimate of drug-likeness (QED) is 0.810. The molecule has 0 aliphatic carbocycles. The summed E-state index contributed by atoms with van der Waals surface area (Å²) in [6, 6.07) is 7.45. The summed E-state index contributed by atoms with van der Waals surface area (Å²) in [4.78, 5) is 13.0. The molecule has 1 aromatic rings. The van der Waals surface area contributed by atoms with Crippen molar-refractivity contribution in [1.82, 2.24) is 5.32 Å². The van der Waals surface area contributed by atoms with Crippen LogP contribution in [0.5, 0.6) is 0 Å². The highest BCUT2D eigenvalue weighted by Crippen LogP contribution is 2.20. The number of thioether (sulfide) groups is 1. The number of benzene rings is 1. The molecule has 0 aliphatic rings. The lowest BCUT2D eigenvalue weighted by molar-refractivity contribution is 0.0707. The van der Waals surface area contributed by atoms with E-state index in [9.17, 15) is 9.90 Å². The van der Waals surface area contributed by atoms with Crippen LogP contribution in [-0.4, -0.2) is 28.9 Å². The van der Waals surface area contributed by atoms with Gasteiger partial charge in [0.2, 0.25) is 0 Å². The second kappa shape index (κ2) is 5.56. The van der Waals surface area contributed by atoms with E-state index < -0.39 is 11.6 Å². The van der Waals surface area contributed by atoms with Gasteiger partial charge in [-0.1, -0.05) is 12.1 Å². The molecule has 0 saturated carbocycles. The zero-order valence-corrected chi connectivity index (χ0v) is 11.5. The van der Waals surface area contributed by atoms with Crippen LogP contribution in [0.25, 0.3) is 0 Å². The predicted molar refractivity (Wildman–Crippen MR) is 71.4 cm³/mol. The van der Waals surface area contributed by atoms with Gasteiger partial charge >= 0.3 is 0 Å². The summed E-state index contributed by atoms with van der Waals surface area (Å²) in [6.45, 7) is 5.27. The minimum absolute atomic E-state index is 0.152. The van der Waals surface area contributed by atoms with E-state index in [4.69, 9.17) is 0 Å². The molecular weight excluding hydrogens is 234 g/mol. The van der Waals surface area contributed by atoms with Crippen molar-refractivity contribution in [3.05, 3.63) is 29.8 Å². The first-order chi connectivity index (χ1) is 7.88. The van der Waals surface area contributed by atoms with Gasteiger partial charge in [-0.25, -0.2) is 0 Å². The minimum Gasteiger partial charge on any atom is -0.391 e. The molecule has 0 heterocycles. The smallest absolute Gasteiger partial charge is 0.252 e. The monoisotopic (exact) mass is 253 g/mol. The number of aliphatic hydroxyl groups excluding tert-OH is 1. The van der Waals surface area contributed by atoms with Crippen LogP contribution in [-0.2, 0) is 0 Å². The van der Waals surface area contributed by atoms with Gasteiger partial charge in [-0.3, -0.25) is 4.79 Å². The third kappa shape index (κ3) is 3.48. The standard InChI is InChI=1S/C13H19NO2S/c1-9(15)13(2,3)14-12(16)10-7-5-6-8-11(10)17-4/h5-9,15H,1-4H3,(H,14,16). The van der Waals surface area contributed by atoms with Gasteiger partial charge in [-0.15, -0.1) is 11.8 Å². The topological polar surface area (TPSA) is 49.3 Å². The number of nitrogens with one attached hydrogen (secondary N) is 1. The zero-order valence-electron chi connectivity index (χ0n) is 10.7. The van der Waals surface area contributed by atoms with Crippen molar-refractivity contribution in [2.45, 2.75) is 37.3 Å². The first kappa shape index (κ1) is 14.1. The maximum atomic E-state index is 12.1. The van der Waals surface area contributed by atoms with Crippen LogP contribution in [0.4, 0.5) is 0 Å². The summed E-state index contributed by atoms with van der Waals surface area (Å²) >= 11 is 1.53. The van der Waals surface area contributed by atoms with Gasteiger partial charge in [0.05, 0.1) is 17.2 Å². The fraction of sp³-hybridized carbons (Fsp3) is 0.462. The summed E-state index contributed by atoms with van der Waals surface area (Å²) in [5, 5.41) is 12.4. The predicted octanol–water partition coefficient (Wildman–Crippen LogP) is 2.30. The molecule has 3 nitrogen and oxygen atoms in total. The number of hydrogen-bond acceptors (Lipinski definition) is 3. The van der Waals surface area contributed by atoms with Crippen LogP contribution in [0.2, 0.25) is 0 Å². The molecule has 1 amide bonds. The summed E-state index contributed by atoms with van der Waals surface area (Å²) in [6.07, 6.45) is 1.33. The van der Waals surface area contributed by atoms with Crippen LogP contribution in [0.1, 0.15) is 31.1 Å². The second-order valence-electron chi connectivity index (χ2n) is 4.55. The third-order valence-electron chi connectivity index (χ3n) is 2.83. The van der Waals surface area contributed by atoms with Gasteiger partial charge in [0.25, 0.3) is 5.91 Å². The molecule has 0 bridgehead atoms. The van der Waals surface area contributed by atoms with Crippen LogP contribution >= 0.6 is 11.8 Å². The van der Waals surface area contributed by atoms with E-state index in [1.54, 1.807) is 26.8 Å². The van der Waals surface area contributed by atoms with Crippen molar-refractivity contribution < 1.29 is 9.90 Å². The van der Waals surface area contributed by atoms with E-state index in [1.807, 2.05) is 24.5 Å². The molecule has 0 saturated heterocycles. The molecule has 0 radical (unpaired) electrons. The number of carbonyl (C=O) groups is 1. The molecule has 0 aromatic heterocycles. The Hall–Kier alpha value is -1.00. The van der Waals surface area contributed by atoms with Crippen molar-refractivity contribution in [3.8, 4) is 0 Å². The molecule has 2 N–H and O–H groups in total. The lowest BCUT2D eigenvalue weighted by Gasteiger charge is -2.29. The van der Waals surface area contributed by atoms with Crippen LogP contribution in [0.3, 0.4) is 0 Å². The molecular formula is C13H19NO2S. The molecule has 94 valence electrons. The fourth-order valence-electron chi connectivity index (χ4n) is 1.30. The normalized spacial score (nSPS) is 13.2. The van der Waals surface area contributed by atoms with Crippen LogP contribution < -0.4 is 5.32 Å². The van der Waals surface area contributed by atoms with Gasteiger partial charge in [0.1, 0.15) is 0 Å². The molecule has 0 spiro atoms. The Morgan fingerprint density at radius 3 is 2.53 bits per heavy atom. The lowest BCUT2D eigenvalue weighted by atomic mass is 9.98. The largest absolute Gasteiger partial charge is 0.391 e. The molecule has 4 heteroatoms. The maximum Gasteiger partial charge on any atom is 0.252 e. The Morgan fingerprint density at radius 1 is 1.41 bits per heavy atom. The number of aliphatic hydroxyl groups is 1. The van der Waals surface area contributed by atoms with Crippen molar-refractivity contribution in [2.24, 2.45) is 0 Å². The number of rotatable bonds is 4. The van der Waals surface area contributed by atoms with Gasteiger partial charge < -0.3 is 10.4 Å². The van der Waals surface area contributed by atoms with Gasteiger partial charge in [0.15, 0.2) is 0 Å². The van der Waals surface area contributed by atoms with E-state index in [0.29, 0.717) is 5.56 Å². The van der Waals surface area contributed by atoms with E-state index >= 15 is 0 Å². The highest BCUT2D eigenvalue weighted by atomic mass is 32.2. The van der Waals surface area contributed by atoms with E-state index in [2.05, 4.69) is 5.32 Å².